The summed E-state index contributed by atoms with van der Waals surface area (Å²) < 4.78 is 0. The molecule has 2 rings (SSSR count). The second-order valence-electron chi connectivity index (χ2n) is 3.17. The fourth-order valence-electron chi connectivity index (χ4n) is 1.38. The van der Waals surface area contributed by atoms with Crippen molar-refractivity contribution in [1.82, 2.24) is 4.98 Å². The zero-order valence-electron chi connectivity index (χ0n) is 8.83. The van der Waals surface area contributed by atoms with Gasteiger partial charge in [-0.2, -0.15) is 0 Å². The van der Waals surface area contributed by atoms with Crippen LogP contribution in [0.25, 0.3) is 10.9 Å². The van der Waals surface area contributed by atoms with Gasteiger partial charge in [-0.1, -0.05) is 35.7 Å². The van der Waals surface area contributed by atoms with Crippen molar-refractivity contribution >= 4 is 34.3 Å². The van der Waals surface area contributed by atoms with Gasteiger partial charge in [-0.05, 0) is 13.0 Å². The number of para-hydroxylation sites is 1. The molecule has 1 heterocycles. The van der Waals surface area contributed by atoms with Crippen molar-refractivity contribution in [3.8, 4) is 11.8 Å². The van der Waals surface area contributed by atoms with Gasteiger partial charge in [0.15, 0.2) is 0 Å². The first-order valence-electron chi connectivity index (χ1n) is 4.88. The van der Waals surface area contributed by atoms with Crippen LogP contribution >= 0.6 is 23.4 Å². The highest BCUT2D eigenvalue weighted by atomic mass is 35.5. The summed E-state index contributed by atoms with van der Waals surface area (Å²) in [5, 5.41) is 1.77. The number of hydrogen-bond donors (Lipinski definition) is 0. The molecule has 80 valence electrons. The lowest BCUT2D eigenvalue weighted by Crippen LogP contribution is -1.84. The van der Waals surface area contributed by atoms with Gasteiger partial charge in [-0.15, -0.1) is 17.7 Å². The summed E-state index contributed by atoms with van der Waals surface area (Å²) in [4.78, 5) is 5.36. The molecule has 3 heteroatoms. The van der Waals surface area contributed by atoms with E-state index >= 15 is 0 Å². The minimum Gasteiger partial charge on any atom is -0.255 e. The van der Waals surface area contributed by atoms with Crippen LogP contribution in [0.15, 0.2) is 35.4 Å². The fourth-order valence-corrected chi connectivity index (χ4v) is 2.48. The van der Waals surface area contributed by atoms with Gasteiger partial charge in [0.2, 0.25) is 0 Å². The molecule has 1 aromatic heterocycles. The first kappa shape index (κ1) is 11.3. The molecule has 1 aromatic carbocycles. The van der Waals surface area contributed by atoms with Crippen molar-refractivity contribution < 1.29 is 0 Å². The highest BCUT2D eigenvalue weighted by Crippen LogP contribution is 2.31. The van der Waals surface area contributed by atoms with E-state index in [4.69, 9.17) is 11.6 Å². The molecule has 0 aliphatic heterocycles. The molecule has 0 spiro atoms. The second kappa shape index (κ2) is 5.25. The normalized spacial score (nSPS) is 9.88. The minimum atomic E-state index is 0.746. The Bertz CT molecular complexity index is 569. The second-order valence-corrected chi connectivity index (χ2v) is 4.56. The summed E-state index contributed by atoms with van der Waals surface area (Å²) in [6.45, 7) is 1.83. The van der Waals surface area contributed by atoms with Crippen LogP contribution in [0, 0.1) is 11.8 Å². The summed E-state index contributed by atoms with van der Waals surface area (Å²) in [5.74, 6) is 6.61. The lowest BCUT2D eigenvalue weighted by molar-refractivity contribution is 1.30. The van der Waals surface area contributed by atoms with Crippen LogP contribution in [-0.4, -0.2) is 10.7 Å². The predicted molar refractivity (Wildman–Crippen MR) is 70.9 cm³/mol. The Balaban J connectivity index is 2.39. The number of hydrogen-bond acceptors (Lipinski definition) is 2. The molecule has 16 heavy (non-hydrogen) atoms. The van der Waals surface area contributed by atoms with E-state index in [1.54, 1.807) is 11.8 Å². The van der Waals surface area contributed by atoms with Crippen molar-refractivity contribution in [1.29, 1.82) is 0 Å². The van der Waals surface area contributed by atoms with E-state index < -0.39 is 0 Å². The van der Waals surface area contributed by atoms with E-state index in [2.05, 4.69) is 16.8 Å². The molecule has 0 aliphatic rings. The molecule has 0 fully saturated rings. The van der Waals surface area contributed by atoms with Crippen molar-refractivity contribution in [2.24, 2.45) is 0 Å². The molecule has 0 unspecified atom stereocenters. The van der Waals surface area contributed by atoms with E-state index in [9.17, 15) is 0 Å². The zero-order valence-corrected chi connectivity index (χ0v) is 10.4. The van der Waals surface area contributed by atoms with E-state index in [1.807, 2.05) is 37.4 Å². The van der Waals surface area contributed by atoms with Crippen LogP contribution < -0.4 is 0 Å². The van der Waals surface area contributed by atoms with Gasteiger partial charge in [0.1, 0.15) is 0 Å². The Labute approximate surface area is 104 Å². The third kappa shape index (κ3) is 2.32. The number of thioether (sulfide) groups is 1. The van der Waals surface area contributed by atoms with E-state index in [0.29, 0.717) is 0 Å². The Hall–Kier alpha value is -1.17. The maximum absolute atomic E-state index is 6.31. The average Bonchev–Trinajstić information content (AvgIpc) is 2.33. The summed E-state index contributed by atoms with van der Waals surface area (Å²) in [5.41, 5.74) is 0.929. The van der Waals surface area contributed by atoms with Crippen molar-refractivity contribution in [3.05, 3.63) is 35.5 Å². The van der Waals surface area contributed by atoms with Crippen molar-refractivity contribution in [2.75, 3.05) is 5.75 Å². The highest BCUT2D eigenvalue weighted by Gasteiger charge is 2.05. The smallest absolute Gasteiger partial charge is 0.0717 e. The molecule has 0 amide bonds. The number of rotatable bonds is 2. The fraction of sp³-hybridized carbons (Fsp3) is 0.154. The average molecular weight is 248 g/mol. The van der Waals surface area contributed by atoms with Gasteiger partial charge < -0.3 is 0 Å². The van der Waals surface area contributed by atoms with Gasteiger partial charge in [-0.25, -0.2) is 0 Å². The summed E-state index contributed by atoms with van der Waals surface area (Å²) >= 11 is 7.93. The van der Waals surface area contributed by atoms with E-state index in [1.165, 1.54) is 0 Å². The van der Waals surface area contributed by atoms with Crippen LogP contribution in [0.3, 0.4) is 0 Å². The molecule has 0 saturated heterocycles. The molecule has 1 nitrogen and oxygen atoms in total. The SMILES string of the molecule is CC#CCSc1cnc2ccccc2c1Cl. The monoisotopic (exact) mass is 247 g/mol. The molecule has 0 saturated carbocycles. The molecule has 2 aromatic rings. The molecule has 0 aliphatic carbocycles. The van der Waals surface area contributed by atoms with Gasteiger partial charge in [0, 0.05) is 16.5 Å². The van der Waals surface area contributed by atoms with Crippen molar-refractivity contribution in [2.45, 2.75) is 11.8 Å². The van der Waals surface area contributed by atoms with Gasteiger partial charge in [0.05, 0.1) is 16.3 Å². The molecule has 0 atom stereocenters. The maximum atomic E-state index is 6.31. The number of pyridine rings is 1. The molecular formula is C13H10ClNS. The summed E-state index contributed by atoms with van der Waals surface area (Å²) in [7, 11) is 0. The van der Waals surface area contributed by atoms with Crippen LogP contribution in [0.5, 0.6) is 0 Å². The zero-order chi connectivity index (χ0) is 11.4. The standard InChI is InChI=1S/C13H10ClNS/c1-2-3-8-16-12-9-15-11-7-5-4-6-10(11)13(12)14/h4-7,9H,8H2,1H3. The number of aromatic nitrogens is 1. The van der Waals surface area contributed by atoms with Crippen LogP contribution in [-0.2, 0) is 0 Å². The van der Waals surface area contributed by atoms with Crippen molar-refractivity contribution in [3.63, 3.8) is 0 Å². The molecule has 0 N–H and O–H groups in total. The van der Waals surface area contributed by atoms with Crippen LogP contribution in [0.4, 0.5) is 0 Å². The van der Waals surface area contributed by atoms with Crippen LogP contribution in [0.2, 0.25) is 5.02 Å². The first-order chi connectivity index (χ1) is 7.83. The predicted octanol–water partition coefficient (Wildman–Crippen LogP) is 4.00. The van der Waals surface area contributed by atoms with Crippen LogP contribution in [0.1, 0.15) is 6.92 Å². The van der Waals surface area contributed by atoms with E-state index in [-0.39, 0.29) is 0 Å². The Morgan fingerprint density at radius 1 is 1.38 bits per heavy atom. The largest absolute Gasteiger partial charge is 0.255 e. The molecule has 0 radical (unpaired) electrons. The number of benzene rings is 1. The Kier molecular flexibility index (Phi) is 3.71. The quantitative estimate of drug-likeness (QED) is 0.588. The maximum Gasteiger partial charge on any atom is 0.0717 e. The van der Waals surface area contributed by atoms with Gasteiger partial charge in [-0.3, -0.25) is 4.98 Å². The van der Waals surface area contributed by atoms with Gasteiger partial charge in [0.25, 0.3) is 0 Å². The number of nitrogens with zero attached hydrogens (tertiary/aromatic N) is 1. The highest BCUT2D eigenvalue weighted by molar-refractivity contribution is 7.99. The molecular weight excluding hydrogens is 238 g/mol. The third-order valence-corrected chi connectivity index (χ3v) is 3.58. The van der Waals surface area contributed by atoms with Gasteiger partial charge >= 0.3 is 0 Å². The third-order valence-electron chi connectivity index (χ3n) is 2.15. The Morgan fingerprint density at radius 3 is 3.00 bits per heavy atom. The first-order valence-corrected chi connectivity index (χ1v) is 6.25. The lowest BCUT2D eigenvalue weighted by atomic mass is 10.2. The number of halogens is 1. The lowest BCUT2D eigenvalue weighted by Gasteiger charge is -2.04. The summed E-state index contributed by atoms with van der Waals surface area (Å²) in [6.07, 6.45) is 1.81. The minimum absolute atomic E-state index is 0.746. The Morgan fingerprint density at radius 2 is 2.19 bits per heavy atom. The topological polar surface area (TPSA) is 12.9 Å². The molecule has 0 bridgehead atoms. The van der Waals surface area contributed by atoms with E-state index in [0.717, 1.165) is 26.6 Å². The summed E-state index contributed by atoms with van der Waals surface area (Å²) in [6, 6.07) is 7.87. The number of fused-ring (bicyclic) bond motifs is 1.